The summed E-state index contributed by atoms with van der Waals surface area (Å²) in [7, 11) is 2.91. The summed E-state index contributed by atoms with van der Waals surface area (Å²) in [5, 5.41) is 15.3. The van der Waals surface area contributed by atoms with E-state index in [0.717, 1.165) is 27.8 Å². The highest BCUT2D eigenvalue weighted by Gasteiger charge is 2.17. The van der Waals surface area contributed by atoms with Gasteiger partial charge in [-0.15, -0.1) is 0 Å². The van der Waals surface area contributed by atoms with Crippen LogP contribution in [0.2, 0.25) is 0 Å². The highest BCUT2D eigenvalue weighted by atomic mass is 16.5. The van der Waals surface area contributed by atoms with Crippen LogP contribution in [-0.2, 0) is 22.5 Å². The number of methoxy groups -OCH3 is 2. The van der Waals surface area contributed by atoms with E-state index >= 15 is 0 Å². The number of ether oxygens (including phenoxy) is 2. The van der Waals surface area contributed by atoms with E-state index < -0.39 is 5.97 Å². The van der Waals surface area contributed by atoms with Crippen LogP contribution in [0.5, 0.6) is 11.6 Å². The van der Waals surface area contributed by atoms with Gasteiger partial charge in [0.25, 0.3) is 0 Å². The largest absolute Gasteiger partial charge is 0.497 e. The van der Waals surface area contributed by atoms with Gasteiger partial charge in [0.1, 0.15) is 11.6 Å². The maximum absolute atomic E-state index is 12.6. The van der Waals surface area contributed by atoms with Gasteiger partial charge in [0.15, 0.2) is 5.88 Å². The number of nitrogens with one attached hydrogen (secondary N) is 1. The van der Waals surface area contributed by atoms with Gasteiger partial charge in [-0.3, -0.25) is 4.79 Å². The van der Waals surface area contributed by atoms with Crippen molar-refractivity contribution < 1.29 is 24.2 Å². The number of nitrogens with zero attached hydrogens (tertiary/aromatic N) is 2. The van der Waals surface area contributed by atoms with Gasteiger partial charge >= 0.3 is 5.97 Å². The second kappa shape index (κ2) is 10.1. The molecule has 8 heteroatoms. The molecular weight excluding hydrogens is 434 g/mol. The second-order valence-corrected chi connectivity index (χ2v) is 7.72. The monoisotopic (exact) mass is 459 g/mol. The fourth-order valence-electron chi connectivity index (χ4n) is 3.85. The number of rotatable bonds is 8. The molecule has 8 nitrogen and oxygen atoms in total. The highest BCUT2D eigenvalue weighted by Crippen LogP contribution is 2.33. The number of aromatic nitrogens is 2. The van der Waals surface area contributed by atoms with Gasteiger partial charge in [0.2, 0.25) is 5.91 Å². The minimum atomic E-state index is -0.491. The van der Waals surface area contributed by atoms with Crippen molar-refractivity contribution >= 4 is 28.5 Å². The topological polar surface area (TPSA) is 103 Å². The van der Waals surface area contributed by atoms with Crippen LogP contribution in [0, 0.1) is 0 Å². The molecule has 2 heterocycles. The number of hydrogen-bond acceptors (Lipinski definition) is 6. The maximum atomic E-state index is 12.6. The number of pyridine rings is 1. The van der Waals surface area contributed by atoms with Gasteiger partial charge in [-0.1, -0.05) is 30.3 Å². The van der Waals surface area contributed by atoms with Gasteiger partial charge in [0, 0.05) is 29.1 Å². The summed E-state index contributed by atoms with van der Waals surface area (Å²) >= 11 is 0. The molecule has 0 saturated carbocycles. The zero-order valence-corrected chi connectivity index (χ0v) is 18.9. The lowest BCUT2D eigenvalue weighted by atomic mass is 10.1. The van der Waals surface area contributed by atoms with E-state index in [1.165, 1.54) is 13.3 Å². The lowest BCUT2D eigenvalue weighted by molar-refractivity contribution is -0.116. The van der Waals surface area contributed by atoms with Crippen LogP contribution < -0.4 is 10.1 Å². The van der Waals surface area contributed by atoms with E-state index in [1.54, 1.807) is 19.2 Å². The molecule has 2 N–H and O–H groups in total. The molecule has 0 fully saturated rings. The average molecular weight is 460 g/mol. The van der Waals surface area contributed by atoms with Crippen molar-refractivity contribution in [1.82, 2.24) is 9.55 Å². The fraction of sp³-hybridized carbons (Fsp3) is 0.192. The third kappa shape index (κ3) is 4.85. The molecule has 174 valence electrons. The Hall–Kier alpha value is -4.33. The Morgan fingerprint density at radius 2 is 1.74 bits per heavy atom. The molecule has 0 saturated heterocycles. The van der Waals surface area contributed by atoms with Gasteiger partial charge in [-0.2, -0.15) is 0 Å². The fourth-order valence-corrected chi connectivity index (χ4v) is 3.85. The number of carbonyl (C=O) groups excluding carboxylic acids is 2. The second-order valence-electron chi connectivity index (χ2n) is 7.72. The molecule has 0 atom stereocenters. The standard InChI is InChI=1S/C26H25N3O5/c1-33-19-10-7-17(8-11-19)16-29-22(20-5-3-4-6-21(20)25(29)31)12-14-24(30)28-23-13-9-18(15-27-23)26(32)34-2/h3-11,13,15,31H,12,14,16H2,1-2H3,(H,27,28,30). The van der Waals surface area contributed by atoms with Crippen LogP contribution in [-0.4, -0.2) is 40.8 Å². The predicted octanol–water partition coefficient (Wildman–Crippen LogP) is 4.16. The summed E-state index contributed by atoms with van der Waals surface area (Å²) in [6.45, 7) is 0.456. The number of benzene rings is 2. The van der Waals surface area contributed by atoms with E-state index in [4.69, 9.17) is 4.74 Å². The molecule has 4 aromatic rings. The molecule has 0 bridgehead atoms. The van der Waals surface area contributed by atoms with E-state index in [2.05, 4.69) is 15.0 Å². The first-order valence-corrected chi connectivity index (χ1v) is 10.8. The summed E-state index contributed by atoms with van der Waals surface area (Å²) in [5.41, 5.74) is 2.17. The molecule has 0 aliphatic heterocycles. The van der Waals surface area contributed by atoms with Crippen molar-refractivity contribution in [2.45, 2.75) is 19.4 Å². The number of anilines is 1. The zero-order chi connectivity index (χ0) is 24.1. The van der Waals surface area contributed by atoms with Gasteiger partial charge in [0.05, 0.1) is 26.3 Å². The molecule has 0 radical (unpaired) electrons. The molecule has 0 spiro atoms. The Kier molecular flexibility index (Phi) is 6.77. The Morgan fingerprint density at radius 3 is 2.38 bits per heavy atom. The van der Waals surface area contributed by atoms with Crippen LogP contribution in [0.1, 0.15) is 28.0 Å². The number of aryl methyl sites for hydroxylation is 1. The van der Waals surface area contributed by atoms with Gasteiger partial charge in [-0.05, 0) is 42.3 Å². The van der Waals surface area contributed by atoms with E-state index in [9.17, 15) is 14.7 Å². The van der Waals surface area contributed by atoms with Gasteiger partial charge in [-0.25, -0.2) is 9.78 Å². The SMILES string of the molecule is COC(=O)c1ccc(NC(=O)CCc2c3ccccc3c(O)n2Cc2ccc(OC)cc2)nc1. The van der Waals surface area contributed by atoms with Crippen molar-refractivity contribution in [1.29, 1.82) is 0 Å². The van der Waals surface area contributed by atoms with Crippen molar-refractivity contribution in [2.75, 3.05) is 19.5 Å². The minimum Gasteiger partial charge on any atom is -0.497 e. The average Bonchev–Trinajstić information content (AvgIpc) is 3.14. The van der Waals surface area contributed by atoms with E-state index in [-0.39, 0.29) is 18.2 Å². The Balaban J connectivity index is 1.52. The quantitative estimate of drug-likeness (QED) is 0.384. The molecular formula is C26H25N3O5. The van der Waals surface area contributed by atoms with E-state index in [0.29, 0.717) is 24.3 Å². The Bertz CT molecular complexity index is 1310. The maximum Gasteiger partial charge on any atom is 0.339 e. The normalized spacial score (nSPS) is 10.8. The van der Waals surface area contributed by atoms with Crippen LogP contribution in [0.4, 0.5) is 5.82 Å². The first kappa shape index (κ1) is 22.8. The Morgan fingerprint density at radius 1 is 1.00 bits per heavy atom. The van der Waals surface area contributed by atoms with Crippen molar-refractivity contribution in [3.63, 3.8) is 0 Å². The minimum absolute atomic E-state index is 0.168. The Labute approximate surface area is 196 Å². The summed E-state index contributed by atoms with van der Waals surface area (Å²) < 4.78 is 11.7. The van der Waals surface area contributed by atoms with E-state index in [1.807, 2.05) is 53.1 Å². The molecule has 0 aliphatic carbocycles. The number of hydrogen-bond donors (Lipinski definition) is 2. The predicted molar refractivity (Wildman–Crippen MR) is 128 cm³/mol. The lowest BCUT2D eigenvalue weighted by Gasteiger charge is -2.12. The smallest absolute Gasteiger partial charge is 0.339 e. The molecule has 0 unspecified atom stereocenters. The van der Waals surface area contributed by atoms with Crippen molar-refractivity contribution in [3.05, 3.63) is 83.7 Å². The summed E-state index contributed by atoms with van der Waals surface area (Å²) in [6, 6.07) is 18.3. The molecule has 1 amide bonds. The molecule has 2 aromatic carbocycles. The summed E-state index contributed by atoms with van der Waals surface area (Å²) in [5.74, 6) is 0.561. The zero-order valence-electron chi connectivity index (χ0n) is 18.9. The summed E-state index contributed by atoms with van der Waals surface area (Å²) in [4.78, 5) is 28.2. The molecule has 0 aliphatic rings. The molecule has 4 rings (SSSR count). The number of esters is 1. The number of fused-ring (bicyclic) bond motifs is 1. The van der Waals surface area contributed by atoms with Crippen LogP contribution in [0.3, 0.4) is 0 Å². The van der Waals surface area contributed by atoms with Crippen LogP contribution >= 0.6 is 0 Å². The van der Waals surface area contributed by atoms with Crippen LogP contribution in [0.25, 0.3) is 10.8 Å². The summed E-state index contributed by atoms with van der Waals surface area (Å²) in [6.07, 6.45) is 1.97. The number of aromatic hydroxyl groups is 1. The third-order valence-corrected chi connectivity index (χ3v) is 5.60. The van der Waals surface area contributed by atoms with Gasteiger partial charge < -0.3 is 24.5 Å². The molecule has 34 heavy (non-hydrogen) atoms. The third-order valence-electron chi connectivity index (χ3n) is 5.60. The number of carbonyl (C=O) groups is 2. The van der Waals surface area contributed by atoms with Crippen LogP contribution in [0.15, 0.2) is 66.9 Å². The molecule has 2 aromatic heterocycles. The highest BCUT2D eigenvalue weighted by molar-refractivity contribution is 5.93. The lowest BCUT2D eigenvalue weighted by Crippen LogP contribution is -2.15. The van der Waals surface area contributed by atoms with Crippen molar-refractivity contribution in [2.24, 2.45) is 0 Å². The first-order chi connectivity index (χ1) is 16.5. The first-order valence-electron chi connectivity index (χ1n) is 10.8. The number of amides is 1. The van der Waals surface area contributed by atoms with Crippen molar-refractivity contribution in [3.8, 4) is 11.6 Å².